The third-order valence-electron chi connectivity index (χ3n) is 4.52. The van der Waals surface area contributed by atoms with Crippen molar-refractivity contribution in [2.75, 3.05) is 20.2 Å². The summed E-state index contributed by atoms with van der Waals surface area (Å²) in [6.45, 7) is 1.03. The first-order chi connectivity index (χ1) is 12.6. The van der Waals surface area contributed by atoms with Crippen molar-refractivity contribution in [3.8, 4) is 11.5 Å². The van der Waals surface area contributed by atoms with Crippen molar-refractivity contribution in [3.05, 3.63) is 59.2 Å². The third-order valence-corrected chi connectivity index (χ3v) is 4.52. The number of carboxylic acid groups (broad SMARTS) is 1. The Bertz CT molecular complexity index is 777. The maximum atomic E-state index is 11.0. The van der Waals surface area contributed by atoms with Gasteiger partial charge in [0.15, 0.2) is 0 Å². The Balaban J connectivity index is 1.50. The lowest BCUT2D eigenvalue weighted by Gasteiger charge is -2.27. The van der Waals surface area contributed by atoms with E-state index in [4.69, 9.17) is 14.6 Å². The number of rotatable bonds is 7. The highest BCUT2D eigenvalue weighted by molar-refractivity contribution is 5.88. The number of hydrogen-bond donors (Lipinski definition) is 3. The van der Waals surface area contributed by atoms with Gasteiger partial charge >= 0.3 is 5.97 Å². The van der Waals surface area contributed by atoms with Crippen LogP contribution in [0.25, 0.3) is 0 Å². The number of benzene rings is 2. The summed E-state index contributed by atoms with van der Waals surface area (Å²) >= 11 is 0. The van der Waals surface area contributed by atoms with Gasteiger partial charge in [0.05, 0.1) is 18.8 Å². The molecule has 3 N–H and O–H groups in total. The number of hydrogen-bond acceptors (Lipinski definition) is 5. The van der Waals surface area contributed by atoms with Gasteiger partial charge in [-0.3, -0.25) is 0 Å². The van der Waals surface area contributed by atoms with Gasteiger partial charge in [0, 0.05) is 13.1 Å². The lowest BCUT2D eigenvalue weighted by atomic mass is 10.00. The molecule has 0 saturated carbocycles. The zero-order valence-corrected chi connectivity index (χ0v) is 14.6. The summed E-state index contributed by atoms with van der Waals surface area (Å²) in [5.41, 5.74) is 2.01. The Morgan fingerprint density at radius 1 is 1.35 bits per heavy atom. The van der Waals surface area contributed by atoms with Crippen molar-refractivity contribution >= 4 is 5.97 Å². The summed E-state index contributed by atoms with van der Waals surface area (Å²) in [5.74, 6) is 0.527. The molecule has 2 aromatic rings. The fourth-order valence-electron chi connectivity index (χ4n) is 3.07. The number of carboxylic acids is 1. The highest BCUT2D eigenvalue weighted by atomic mass is 16.5. The topological polar surface area (TPSA) is 88.0 Å². The zero-order valence-electron chi connectivity index (χ0n) is 14.6. The molecule has 3 rings (SSSR count). The van der Waals surface area contributed by atoms with Crippen LogP contribution >= 0.6 is 0 Å². The maximum absolute atomic E-state index is 11.0. The van der Waals surface area contributed by atoms with Crippen LogP contribution in [0.1, 0.15) is 34.0 Å². The fourth-order valence-corrected chi connectivity index (χ4v) is 3.07. The Morgan fingerprint density at radius 2 is 2.19 bits per heavy atom. The first-order valence-electron chi connectivity index (χ1n) is 8.62. The summed E-state index contributed by atoms with van der Waals surface area (Å²) in [6.07, 6.45) is 0.953. The highest BCUT2D eigenvalue weighted by Gasteiger charge is 2.21. The molecule has 2 atom stereocenters. The van der Waals surface area contributed by atoms with Crippen LogP contribution in [-0.4, -0.2) is 42.5 Å². The number of nitrogens with one attached hydrogen (secondary N) is 1. The normalized spacial score (nSPS) is 17.1. The molecule has 1 aliphatic heterocycles. The fraction of sp³-hybridized carbons (Fsp3) is 0.350. The van der Waals surface area contributed by atoms with E-state index in [1.165, 1.54) is 0 Å². The van der Waals surface area contributed by atoms with E-state index in [-0.39, 0.29) is 11.7 Å². The van der Waals surface area contributed by atoms with Gasteiger partial charge in [0.25, 0.3) is 0 Å². The number of carbonyl (C=O) groups is 1. The van der Waals surface area contributed by atoms with Gasteiger partial charge in [0.1, 0.15) is 17.6 Å². The molecule has 138 valence electrons. The number of ether oxygens (including phenoxy) is 2. The summed E-state index contributed by atoms with van der Waals surface area (Å²) in [5, 5.41) is 22.6. The monoisotopic (exact) mass is 357 g/mol. The summed E-state index contributed by atoms with van der Waals surface area (Å²) in [7, 11) is 1.60. The van der Waals surface area contributed by atoms with Crippen molar-refractivity contribution in [2.24, 2.45) is 0 Å². The van der Waals surface area contributed by atoms with E-state index >= 15 is 0 Å². The quantitative estimate of drug-likeness (QED) is 0.705. The molecular weight excluding hydrogens is 334 g/mol. The molecule has 0 aromatic heterocycles. The molecule has 0 amide bonds. The van der Waals surface area contributed by atoms with Gasteiger partial charge in [-0.1, -0.05) is 12.1 Å². The number of aromatic carboxylic acids is 1. The molecule has 1 aliphatic rings. The standard InChI is InChI=1S/C20H23NO5/c1-25-16-4-2-3-13(10-16)18(22)12-21-11-17-7-5-14-9-15(20(23)24)6-8-19(14)26-17/h2-4,6,8-10,17-18,21-22H,5,7,11-12H2,1H3,(H,23,24). The van der Waals surface area contributed by atoms with Crippen molar-refractivity contribution < 1.29 is 24.5 Å². The molecule has 0 aliphatic carbocycles. The van der Waals surface area contributed by atoms with Gasteiger partial charge in [-0.05, 0) is 54.3 Å². The van der Waals surface area contributed by atoms with Crippen LogP contribution in [0.4, 0.5) is 0 Å². The lowest BCUT2D eigenvalue weighted by molar-refractivity contribution is 0.0696. The second-order valence-electron chi connectivity index (χ2n) is 6.36. The van der Waals surface area contributed by atoms with E-state index in [2.05, 4.69) is 5.32 Å². The van der Waals surface area contributed by atoms with Gasteiger partial charge in [-0.2, -0.15) is 0 Å². The Hall–Kier alpha value is -2.57. The number of aliphatic hydroxyl groups is 1. The van der Waals surface area contributed by atoms with Crippen LogP contribution in [-0.2, 0) is 6.42 Å². The number of aliphatic hydroxyl groups excluding tert-OH is 1. The Labute approximate surface area is 152 Å². The first-order valence-corrected chi connectivity index (χ1v) is 8.62. The minimum absolute atomic E-state index is 0.00399. The zero-order chi connectivity index (χ0) is 18.5. The van der Waals surface area contributed by atoms with Gasteiger partial charge in [-0.25, -0.2) is 4.79 Å². The summed E-state index contributed by atoms with van der Waals surface area (Å²) in [6, 6.07) is 12.3. The first kappa shape index (κ1) is 18.2. The minimum atomic E-state index is -0.928. The van der Waals surface area contributed by atoms with Gasteiger partial charge < -0.3 is 25.0 Å². The maximum Gasteiger partial charge on any atom is 0.335 e. The van der Waals surface area contributed by atoms with Crippen LogP contribution in [0.2, 0.25) is 0 Å². The smallest absolute Gasteiger partial charge is 0.335 e. The summed E-state index contributed by atoms with van der Waals surface area (Å²) in [4.78, 5) is 11.0. The number of fused-ring (bicyclic) bond motifs is 1. The van der Waals surface area contributed by atoms with Crippen molar-refractivity contribution in [1.29, 1.82) is 0 Å². The predicted molar refractivity (Wildman–Crippen MR) is 97.0 cm³/mol. The molecule has 6 heteroatoms. The van der Waals surface area contributed by atoms with Crippen LogP contribution in [0.15, 0.2) is 42.5 Å². The highest BCUT2D eigenvalue weighted by Crippen LogP contribution is 2.28. The summed E-state index contributed by atoms with van der Waals surface area (Å²) < 4.78 is 11.1. The minimum Gasteiger partial charge on any atom is -0.497 e. The van der Waals surface area contributed by atoms with Crippen LogP contribution in [0.5, 0.6) is 11.5 Å². The Morgan fingerprint density at radius 3 is 2.96 bits per heavy atom. The molecule has 0 spiro atoms. The van der Waals surface area contributed by atoms with Gasteiger partial charge in [-0.15, -0.1) is 0 Å². The number of methoxy groups -OCH3 is 1. The Kier molecular flexibility index (Phi) is 5.75. The van der Waals surface area contributed by atoms with E-state index in [1.807, 2.05) is 24.3 Å². The molecule has 0 bridgehead atoms. The SMILES string of the molecule is COc1cccc(C(O)CNCC2CCc3cc(C(=O)O)ccc3O2)c1. The second-order valence-corrected chi connectivity index (χ2v) is 6.36. The third kappa shape index (κ3) is 4.33. The molecule has 0 saturated heterocycles. The van der Waals surface area contributed by atoms with Crippen LogP contribution < -0.4 is 14.8 Å². The molecule has 1 heterocycles. The van der Waals surface area contributed by atoms with Crippen LogP contribution in [0, 0.1) is 0 Å². The van der Waals surface area contributed by atoms with E-state index in [1.54, 1.807) is 25.3 Å². The molecule has 0 fully saturated rings. The molecular formula is C20H23NO5. The molecule has 6 nitrogen and oxygen atoms in total. The second kappa shape index (κ2) is 8.21. The van der Waals surface area contributed by atoms with Crippen molar-refractivity contribution in [3.63, 3.8) is 0 Å². The molecule has 0 radical (unpaired) electrons. The lowest BCUT2D eigenvalue weighted by Crippen LogP contribution is -2.36. The molecule has 2 unspecified atom stereocenters. The van der Waals surface area contributed by atoms with Crippen molar-refractivity contribution in [1.82, 2.24) is 5.32 Å². The number of aryl methyl sites for hydroxylation is 1. The largest absolute Gasteiger partial charge is 0.497 e. The molecule has 26 heavy (non-hydrogen) atoms. The van der Waals surface area contributed by atoms with E-state index in [0.717, 1.165) is 35.5 Å². The average molecular weight is 357 g/mol. The van der Waals surface area contributed by atoms with E-state index in [0.29, 0.717) is 13.1 Å². The van der Waals surface area contributed by atoms with Crippen LogP contribution in [0.3, 0.4) is 0 Å². The van der Waals surface area contributed by atoms with E-state index < -0.39 is 12.1 Å². The average Bonchev–Trinajstić information content (AvgIpc) is 2.67. The predicted octanol–water partition coefficient (Wildman–Crippen LogP) is 2.41. The van der Waals surface area contributed by atoms with Crippen molar-refractivity contribution in [2.45, 2.75) is 25.0 Å². The molecule has 2 aromatic carbocycles. The van der Waals surface area contributed by atoms with Gasteiger partial charge in [0.2, 0.25) is 0 Å². The van der Waals surface area contributed by atoms with E-state index in [9.17, 15) is 9.90 Å².